The molecule has 6 nitrogen and oxygen atoms in total. The summed E-state index contributed by atoms with van der Waals surface area (Å²) < 4.78 is 0. The van der Waals surface area contributed by atoms with E-state index in [0.29, 0.717) is 37.2 Å². The Bertz CT molecular complexity index is 745. The van der Waals surface area contributed by atoms with E-state index in [1.165, 1.54) is 6.42 Å². The predicted octanol–water partition coefficient (Wildman–Crippen LogP) is 2.90. The standard InChI is InChI=1S/C22H29N3O3/c26-20(16-10-14-25(15-11-16)21(27)17-8-9-17)23-19-7-3-2-6-18(19)22(28)24-12-4-1-5-13-24/h2-3,6-7,16-17H,1,4-5,8-15H2,(H,23,26). The van der Waals surface area contributed by atoms with Crippen LogP contribution in [0.2, 0.25) is 0 Å². The van der Waals surface area contributed by atoms with Crippen LogP contribution in [0.3, 0.4) is 0 Å². The number of para-hydroxylation sites is 1. The molecule has 0 spiro atoms. The number of carbonyl (C=O) groups is 3. The van der Waals surface area contributed by atoms with Gasteiger partial charge >= 0.3 is 0 Å². The monoisotopic (exact) mass is 383 g/mol. The lowest BCUT2D eigenvalue weighted by Gasteiger charge is -2.32. The van der Waals surface area contributed by atoms with Crippen molar-refractivity contribution in [1.82, 2.24) is 9.80 Å². The highest BCUT2D eigenvalue weighted by molar-refractivity contribution is 6.04. The van der Waals surface area contributed by atoms with Crippen molar-refractivity contribution in [2.75, 3.05) is 31.5 Å². The molecule has 0 bridgehead atoms. The molecule has 1 N–H and O–H groups in total. The van der Waals surface area contributed by atoms with Crippen LogP contribution in [0.25, 0.3) is 0 Å². The second-order valence-electron chi connectivity index (χ2n) is 8.26. The summed E-state index contributed by atoms with van der Waals surface area (Å²) in [6.45, 7) is 2.88. The van der Waals surface area contributed by atoms with Gasteiger partial charge in [-0.05, 0) is 57.1 Å². The van der Waals surface area contributed by atoms with Crippen LogP contribution in [0.15, 0.2) is 24.3 Å². The number of hydrogen-bond donors (Lipinski definition) is 1. The maximum Gasteiger partial charge on any atom is 0.255 e. The number of amides is 3. The number of rotatable bonds is 4. The molecule has 1 saturated carbocycles. The van der Waals surface area contributed by atoms with Crippen LogP contribution >= 0.6 is 0 Å². The maximum atomic E-state index is 12.9. The van der Waals surface area contributed by atoms with E-state index in [-0.39, 0.29) is 29.6 Å². The fourth-order valence-electron chi connectivity index (χ4n) is 4.23. The molecule has 1 aliphatic carbocycles. The molecule has 0 atom stereocenters. The fourth-order valence-corrected chi connectivity index (χ4v) is 4.23. The van der Waals surface area contributed by atoms with E-state index in [1.807, 2.05) is 21.9 Å². The number of nitrogens with one attached hydrogen (secondary N) is 1. The molecule has 1 aromatic rings. The number of carbonyl (C=O) groups excluding carboxylic acids is 3. The van der Waals surface area contributed by atoms with Gasteiger partial charge in [0.2, 0.25) is 11.8 Å². The molecule has 150 valence electrons. The van der Waals surface area contributed by atoms with Crippen molar-refractivity contribution in [2.24, 2.45) is 11.8 Å². The minimum atomic E-state index is -0.110. The molecule has 2 saturated heterocycles. The molecule has 28 heavy (non-hydrogen) atoms. The molecule has 0 aromatic heterocycles. The van der Waals surface area contributed by atoms with Crippen LogP contribution in [0.1, 0.15) is 55.3 Å². The Kier molecular flexibility index (Phi) is 5.64. The molecular formula is C22H29N3O3. The van der Waals surface area contributed by atoms with E-state index in [9.17, 15) is 14.4 Å². The Hall–Kier alpha value is -2.37. The molecule has 0 radical (unpaired) electrons. The minimum Gasteiger partial charge on any atom is -0.342 e. The van der Waals surface area contributed by atoms with Gasteiger partial charge in [-0.15, -0.1) is 0 Å². The second-order valence-corrected chi connectivity index (χ2v) is 8.26. The molecular weight excluding hydrogens is 354 g/mol. The topological polar surface area (TPSA) is 69.7 Å². The lowest BCUT2D eigenvalue weighted by atomic mass is 9.95. The van der Waals surface area contributed by atoms with E-state index < -0.39 is 0 Å². The molecule has 3 amide bonds. The Morgan fingerprint density at radius 3 is 2.14 bits per heavy atom. The van der Waals surface area contributed by atoms with Gasteiger partial charge in [0, 0.05) is 38.0 Å². The van der Waals surface area contributed by atoms with Gasteiger partial charge in [-0.1, -0.05) is 12.1 Å². The van der Waals surface area contributed by atoms with E-state index in [2.05, 4.69) is 5.32 Å². The van der Waals surface area contributed by atoms with Gasteiger partial charge in [-0.2, -0.15) is 0 Å². The molecule has 1 aromatic carbocycles. The number of piperidine rings is 2. The molecule has 2 heterocycles. The van der Waals surface area contributed by atoms with E-state index >= 15 is 0 Å². The summed E-state index contributed by atoms with van der Waals surface area (Å²) in [6.07, 6.45) is 6.65. The average Bonchev–Trinajstić information content (AvgIpc) is 3.59. The highest BCUT2D eigenvalue weighted by Gasteiger charge is 2.36. The van der Waals surface area contributed by atoms with Crippen LogP contribution in [0.4, 0.5) is 5.69 Å². The van der Waals surface area contributed by atoms with Crippen molar-refractivity contribution in [2.45, 2.75) is 44.9 Å². The van der Waals surface area contributed by atoms with Gasteiger partial charge in [0.25, 0.3) is 5.91 Å². The van der Waals surface area contributed by atoms with Crippen molar-refractivity contribution in [3.8, 4) is 0 Å². The van der Waals surface area contributed by atoms with Gasteiger partial charge in [-0.25, -0.2) is 0 Å². The van der Waals surface area contributed by atoms with Crippen LogP contribution in [-0.2, 0) is 9.59 Å². The van der Waals surface area contributed by atoms with E-state index in [1.54, 1.807) is 12.1 Å². The Morgan fingerprint density at radius 2 is 1.46 bits per heavy atom. The van der Waals surface area contributed by atoms with Crippen LogP contribution in [0.5, 0.6) is 0 Å². The number of hydrogen-bond acceptors (Lipinski definition) is 3. The van der Waals surface area contributed by atoms with Crippen molar-refractivity contribution < 1.29 is 14.4 Å². The van der Waals surface area contributed by atoms with Gasteiger partial charge in [0.05, 0.1) is 11.3 Å². The highest BCUT2D eigenvalue weighted by Crippen LogP contribution is 2.32. The van der Waals surface area contributed by atoms with Crippen molar-refractivity contribution in [3.05, 3.63) is 29.8 Å². The van der Waals surface area contributed by atoms with E-state index in [0.717, 1.165) is 38.8 Å². The largest absolute Gasteiger partial charge is 0.342 e. The third-order valence-electron chi connectivity index (χ3n) is 6.16. The Morgan fingerprint density at radius 1 is 0.786 bits per heavy atom. The fraction of sp³-hybridized carbons (Fsp3) is 0.591. The van der Waals surface area contributed by atoms with Crippen molar-refractivity contribution in [3.63, 3.8) is 0 Å². The van der Waals surface area contributed by atoms with E-state index in [4.69, 9.17) is 0 Å². The zero-order chi connectivity index (χ0) is 19.5. The lowest BCUT2D eigenvalue weighted by molar-refractivity contribution is -0.135. The number of nitrogens with zero attached hydrogens (tertiary/aromatic N) is 2. The molecule has 4 rings (SSSR count). The minimum absolute atomic E-state index is 0.000416. The maximum absolute atomic E-state index is 12.9. The van der Waals surface area contributed by atoms with Gasteiger partial charge in [0.1, 0.15) is 0 Å². The van der Waals surface area contributed by atoms with Gasteiger partial charge < -0.3 is 15.1 Å². The first kappa shape index (κ1) is 19.0. The molecule has 6 heteroatoms. The average molecular weight is 383 g/mol. The summed E-state index contributed by atoms with van der Waals surface area (Å²) in [7, 11) is 0. The van der Waals surface area contributed by atoms with Gasteiger partial charge in [0.15, 0.2) is 0 Å². The van der Waals surface area contributed by atoms with Crippen LogP contribution in [0, 0.1) is 11.8 Å². The third kappa shape index (κ3) is 4.21. The summed E-state index contributed by atoms with van der Waals surface area (Å²) in [5.41, 5.74) is 1.17. The Labute approximate surface area is 166 Å². The Balaban J connectivity index is 1.37. The first-order valence-corrected chi connectivity index (χ1v) is 10.6. The summed E-state index contributed by atoms with van der Waals surface area (Å²) in [5.74, 6) is 0.341. The smallest absolute Gasteiger partial charge is 0.255 e. The molecule has 2 aliphatic heterocycles. The van der Waals surface area contributed by atoms with Crippen molar-refractivity contribution >= 4 is 23.4 Å². The predicted molar refractivity (Wildman–Crippen MR) is 107 cm³/mol. The first-order chi connectivity index (χ1) is 13.6. The first-order valence-electron chi connectivity index (χ1n) is 10.6. The highest BCUT2D eigenvalue weighted by atomic mass is 16.2. The van der Waals surface area contributed by atoms with Crippen LogP contribution in [-0.4, -0.2) is 53.7 Å². The third-order valence-corrected chi connectivity index (χ3v) is 6.16. The normalized spacial score (nSPS) is 20.7. The zero-order valence-electron chi connectivity index (χ0n) is 16.4. The summed E-state index contributed by atoms with van der Waals surface area (Å²) >= 11 is 0. The number of benzene rings is 1. The second kappa shape index (κ2) is 8.33. The molecule has 3 fully saturated rings. The van der Waals surface area contributed by atoms with Crippen molar-refractivity contribution in [1.29, 1.82) is 0 Å². The SMILES string of the molecule is O=C(Nc1ccccc1C(=O)N1CCCCC1)C1CCN(C(=O)C2CC2)CC1. The summed E-state index contributed by atoms with van der Waals surface area (Å²) in [4.78, 5) is 41.7. The lowest BCUT2D eigenvalue weighted by Crippen LogP contribution is -2.42. The van der Waals surface area contributed by atoms with Crippen LogP contribution < -0.4 is 5.32 Å². The molecule has 3 aliphatic rings. The summed E-state index contributed by atoms with van der Waals surface area (Å²) in [5, 5.41) is 2.99. The zero-order valence-corrected chi connectivity index (χ0v) is 16.4. The molecule has 0 unspecified atom stereocenters. The quantitative estimate of drug-likeness (QED) is 0.869. The number of likely N-dealkylation sites (tertiary alicyclic amines) is 2. The number of anilines is 1. The summed E-state index contributed by atoms with van der Waals surface area (Å²) in [6, 6.07) is 7.29. The van der Waals surface area contributed by atoms with Gasteiger partial charge in [-0.3, -0.25) is 14.4 Å².